The number of carbonyl (C=O) groups excluding carboxylic acids is 3. The van der Waals surface area contributed by atoms with Crippen LogP contribution in [0, 0.1) is 0 Å². The van der Waals surface area contributed by atoms with Gasteiger partial charge in [-0.05, 0) is 13.3 Å². The highest BCUT2D eigenvalue weighted by Crippen LogP contribution is 2.08. The first-order chi connectivity index (χ1) is 7.96. The Labute approximate surface area is 100.0 Å². The van der Waals surface area contributed by atoms with Gasteiger partial charge in [0.15, 0.2) is 0 Å². The van der Waals surface area contributed by atoms with Gasteiger partial charge in [0.1, 0.15) is 6.42 Å². The molecule has 0 radical (unpaired) electrons. The lowest BCUT2D eigenvalue weighted by atomic mass is 10.1. The maximum atomic E-state index is 11.4. The Morgan fingerprint density at radius 1 is 1.12 bits per heavy atom. The van der Waals surface area contributed by atoms with Crippen LogP contribution < -0.4 is 5.32 Å². The molecule has 0 heterocycles. The van der Waals surface area contributed by atoms with Crippen LogP contribution in [0.2, 0.25) is 0 Å². The number of amides is 1. The number of hydrogen-bond acceptors (Lipinski definition) is 5. The Morgan fingerprint density at radius 2 is 1.71 bits per heavy atom. The van der Waals surface area contributed by atoms with Crippen LogP contribution >= 0.6 is 0 Å². The predicted molar refractivity (Wildman–Crippen MR) is 59.8 cm³/mol. The van der Waals surface area contributed by atoms with E-state index in [9.17, 15) is 14.4 Å². The van der Waals surface area contributed by atoms with E-state index in [0.717, 1.165) is 0 Å². The van der Waals surface area contributed by atoms with Crippen molar-refractivity contribution in [3.05, 3.63) is 11.3 Å². The van der Waals surface area contributed by atoms with Gasteiger partial charge in [0.25, 0.3) is 0 Å². The van der Waals surface area contributed by atoms with E-state index in [0.29, 0.717) is 17.7 Å². The Morgan fingerprint density at radius 3 is 2.12 bits per heavy atom. The summed E-state index contributed by atoms with van der Waals surface area (Å²) in [4.78, 5) is 33.5. The van der Waals surface area contributed by atoms with Crippen molar-refractivity contribution in [2.45, 2.75) is 26.7 Å². The summed E-state index contributed by atoms with van der Waals surface area (Å²) in [6.07, 6.45) is 0.0447. The normalized spacial score (nSPS) is 11.3. The van der Waals surface area contributed by atoms with Crippen molar-refractivity contribution in [3.8, 4) is 0 Å². The Hall–Kier alpha value is -1.85. The third kappa shape index (κ3) is 5.14. The first-order valence-electron chi connectivity index (χ1n) is 5.10. The quantitative estimate of drug-likeness (QED) is 0.432. The van der Waals surface area contributed by atoms with Gasteiger partial charge in [-0.25, -0.2) is 4.79 Å². The zero-order chi connectivity index (χ0) is 13.4. The molecule has 0 aromatic heterocycles. The summed E-state index contributed by atoms with van der Waals surface area (Å²) in [5, 5.41) is 2.45. The number of nitrogens with one attached hydrogen (secondary N) is 1. The molecule has 96 valence electrons. The minimum atomic E-state index is -0.633. The lowest BCUT2D eigenvalue weighted by Gasteiger charge is -2.09. The molecule has 6 nitrogen and oxygen atoms in total. The number of esters is 2. The molecule has 0 fully saturated rings. The van der Waals surface area contributed by atoms with Crippen molar-refractivity contribution in [1.82, 2.24) is 5.32 Å². The Kier molecular flexibility index (Phi) is 6.62. The monoisotopic (exact) mass is 243 g/mol. The van der Waals surface area contributed by atoms with Crippen molar-refractivity contribution in [2.75, 3.05) is 14.2 Å². The minimum Gasteiger partial charge on any atom is -0.469 e. The highest BCUT2D eigenvalue weighted by molar-refractivity contribution is 5.96. The molecule has 6 heteroatoms. The standard InChI is InChI=1S/C11H17NO5/c1-5-8(11(15)17-4)7(2)12-9(13)6-10(14)16-3/h5-6H2,1-4H3,(H,12,13)/b8-7-. The molecule has 0 aliphatic heterocycles. The fourth-order valence-electron chi connectivity index (χ4n) is 1.22. The van der Waals surface area contributed by atoms with Crippen LogP contribution in [0.3, 0.4) is 0 Å². The van der Waals surface area contributed by atoms with Crippen LogP contribution in [0.4, 0.5) is 0 Å². The van der Waals surface area contributed by atoms with E-state index >= 15 is 0 Å². The van der Waals surface area contributed by atoms with E-state index < -0.39 is 17.8 Å². The van der Waals surface area contributed by atoms with Crippen LogP contribution in [0.5, 0.6) is 0 Å². The molecule has 1 N–H and O–H groups in total. The lowest BCUT2D eigenvalue weighted by Crippen LogP contribution is -2.26. The second kappa shape index (κ2) is 7.43. The van der Waals surface area contributed by atoms with Crippen LogP contribution in [0.1, 0.15) is 26.7 Å². The van der Waals surface area contributed by atoms with E-state index in [1.807, 2.05) is 0 Å². The zero-order valence-electron chi connectivity index (χ0n) is 10.5. The molecule has 0 rings (SSSR count). The summed E-state index contributed by atoms with van der Waals surface area (Å²) in [6, 6.07) is 0. The third-order valence-corrected chi connectivity index (χ3v) is 2.10. The number of rotatable bonds is 5. The van der Waals surface area contributed by atoms with Gasteiger partial charge in [-0.1, -0.05) is 6.92 Å². The molecule has 0 spiro atoms. The maximum Gasteiger partial charge on any atom is 0.335 e. The maximum absolute atomic E-state index is 11.4. The average molecular weight is 243 g/mol. The molecule has 17 heavy (non-hydrogen) atoms. The second-order valence-corrected chi connectivity index (χ2v) is 3.25. The smallest absolute Gasteiger partial charge is 0.335 e. The molecule has 0 atom stereocenters. The number of carbonyl (C=O) groups is 3. The highest BCUT2D eigenvalue weighted by Gasteiger charge is 2.15. The summed E-state index contributed by atoms with van der Waals surface area (Å²) in [5.74, 6) is -1.65. The fourth-order valence-corrected chi connectivity index (χ4v) is 1.22. The van der Waals surface area contributed by atoms with Gasteiger partial charge in [-0.15, -0.1) is 0 Å². The molecule has 0 aromatic carbocycles. The van der Waals surface area contributed by atoms with Crippen molar-refractivity contribution in [3.63, 3.8) is 0 Å². The summed E-state index contributed by atoms with van der Waals surface area (Å²) in [6.45, 7) is 3.34. The Balaban J connectivity index is 4.64. The van der Waals surface area contributed by atoms with E-state index in [4.69, 9.17) is 0 Å². The SMILES string of the molecule is CC/C(C(=O)OC)=C(\C)NC(=O)CC(=O)OC. The van der Waals surface area contributed by atoms with E-state index in [2.05, 4.69) is 14.8 Å². The van der Waals surface area contributed by atoms with Gasteiger partial charge in [-0.3, -0.25) is 9.59 Å². The molecule has 1 amide bonds. The van der Waals surface area contributed by atoms with Gasteiger partial charge < -0.3 is 14.8 Å². The van der Waals surface area contributed by atoms with Gasteiger partial charge in [0.05, 0.1) is 19.8 Å². The summed E-state index contributed by atoms with van der Waals surface area (Å²) >= 11 is 0. The van der Waals surface area contributed by atoms with E-state index in [1.54, 1.807) is 13.8 Å². The largest absolute Gasteiger partial charge is 0.469 e. The first-order valence-corrected chi connectivity index (χ1v) is 5.10. The van der Waals surface area contributed by atoms with Gasteiger partial charge >= 0.3 is 11.9 Å². The Bertz CT molecular complexity index is 346. The molecule has 0 bridgehead atoms. The molecule has 0 saturated carbocycles. The molecule has 0 saturated heterocycles. The van der Waals surface area contributed by atoms with E-state index in [1.165, 1.54) is 14.2 Å². The van der Waals surface area contributed by atoms with Crippen LogP contribution in [-0.2, 0) is 23.9 Å². The molecule has 0 unspecified atom stereocenters. The predicted octanol–water partition coefficient (Wildman–Crippen LogP) is 0.523. The van der Waals surface area contributed by atoms with Crippen molar-refractivity contribution in [1.29, 1.82) is 0 Å². The number of methoxy groups -OCH3 is 2. The topological polar surface area (TPSA) is 81.7 Å². The molecule has 0 aliphatic carbocycles. The molecule has 0 aromatic rings. The van der Waals surface area contributed by atoms with Crippen molar-refractivity contribution in [2.24, 2.45) is 0 Å². The van der Waals surface area contributed by atoms with E-state index in [-0.39, 0.29) is 6.42 Å². The molecule has 0 aliphatic rings. The fraction of sp³-hybridized carbons (Fsp3) is 0.545. The molecular weight excluding hydrogens is 226 g/mol. The third-order valence-electron chi connectivity index (χ3n) is 2.10. The highest BCUT2D eigenvalue weighted by atomic mass is 16.5. The molecular formula is C11H17NO5. The summed E-state index contributed by atoms with van der Waals surface area (Å²) in [5.41, 5.74) is 0.749. The lowest BCUT2D eigenvalue weighted by molar-refractivity contribution is -0.143. The summed E-state index contributed by atoms with van der Waals surface area (Å²) in [7, 11) is 2.46. The zero-order valence-corrected chi connectivity index (χ0v) is 10.5. The first kappa shape index (κ1) is 15.2. The van der Waals surface area contributed by atoms with Gasteiger partial charge in [0, 0.05) is 5.70 Å². The van der Waals surface area contributed by atoms with Crippen molar-refractivity contribution < 1.29 is 23.9 Å². The average Bonchev–Trinajstić information content (AvgIpc) is 2.28. The number of allylic oxidation sites excluding steroid dienone is 1. The second-order valence-electron chi connectivity index (χ2n) is 3.25. The number of ether oxygens (including phenoxy) is 2. The number of hydrogen-bond donors (Lipinski definition) is 1. The van der Waals surface area contributed by atoms with Crippen LogP contribution in [0.15, 0.2) is 11.3 Å². The van der Waals surface area contributed by atoms with Gasteiger partial charge in [-0.2, -0.15) is 0 Å². The van der Waals surface area contributed by atoms with Crippen LogP contribution in [0.25, 0.3) is 0 Å². The van der Waals surface area contributed by atoms with Crippen LogP contribution in [-0.4, -0.2) is 32.1 Å². The van der Waals surface area contributed by atoms with Gasteiger partial charge in [0.2, 0.25) is 5.91 Å². The minimum absolute atomic E-state index is 0.366. The summed E-state index contributed by atoms with van der Waals surface area (Å²) < 4.78 is 8.92. The van der Waals surface area contributed by atoms with Crippen molar-refractivity contribution >= 4 is 17.8 Å².